The van der Waals surface area contributed by atoms with Crippen molar-refractivity contribution in [2.24, 2.45) is 0 Å². The number of amides is 1. The number of ether oxygens (including phenoxy) is 2. The summed E-state index contributed by atoms with van der Waals surface area (Å²) in [7, 11) is 2.16. The second-order valence-corrected chi connectivity index (χ2v) is 8.07. The molecule has 1 amide bonds. The van der Waals surface area contributed by atoms with Crippen LogP contribution in [-0.2, 0) is 14.3 Å². The van der Waals surface area contributed by atoms with Gasteiger partial charge in [0.1, 0.15) is 0 Å². The number of anilines is 1. The molecule has 0 aromatic heterocycles. The number of piperidine rings is 1. The molecular weight excluding hydrogens is 342 g/mol. The van der Waals surface area contributed by atoms with E-state index in [0.717, 1.165) is 65.3 Å². The summed E-state index contributed by atoms with van der Waals surface area (Å²) >= 11 is 0. The Morgan fingerprint density at radius 1 is 1.15 bits per heavy atom. The van der Waals surface area contributed by atoms with Gasteiger partial charge in [0.2, 0.25) is 5.91 Å². The Hall–Kier alpha value is -1.63. The zero-order valence-corrected chi connectivity index (χ0v) is 16.3. The minimum Gasteiger partial charge on any atom is -0.379 e. The van der Waals surface area contributed by atoms with E-state index < -0.39 is 0 Å². The van der Waals surface area contributed by atoms with E-state index in [-0.39, 0.29) is 11.5 Å². The van der Waals surface area contributed by atoms with E-state index in [1.54, 1.807) is 0 Å². The van der Waals surface area contributed by atoms with Crippen molar-refractivity contribution >= 4 is 11.6 Å². The third-order valence-electron chi connectivity index (χ3n) is 6.39. The number of carbonyl (C=O) groups is 1. The Kier molecular flexibility index (Phi) is 5.66. The van der Waals surface area contributed by atoms with Crippen LogP contribution in [0.25, 0.3) is 0 Å². The summed E-state index contributed by atoms with van der Waals surface area (Å²) in [5.74, 6) is 0.253. The van der Waals surface area contributed by atoms with Gasteiger partial charge in [0, 0.05) is 38.9 Å². The van der Waals surface area contributed by atoms with Crippen molar-refractivity contribution < 1.29 is 14.3 Å². The van der Waals surface area contributed by atoms with E-state index in [0.29, 0.717) is 12.6 Å². The van der Waals surface area contributed by atoms with E-state index >= 15 is 0 Å². The van der Waals surface area contributed by atoms with Gasteiger partial charge < -0.3 is 19.3 Å². The molecule has 1 aromatic rings. The molecule has 3 aliphatic heterocycles. The molecule has 0 aliphatic carbocycles. The number of rotatable bonds is 4. The summed E-state index contributed by atoms with van der Waals surface area (Å²) in [5.41, 5.74) is 1.19. The highest BCUT2D eigenvalue weighted by Crippen LogP contribution is 2.38. The fourth-order valence-electron chi connectivity index (χ4n) is 4.51. The van der Waals surface area contributed by atoms with E-state index in [4.69, 9.17) is 9.47 Å². The largest absolute Gasteiger partial charge is 0.379 e. The molecule has 3 aliphatic rings. The number of likely N-dealkylation sites (tertiary alicyclic amines) is 1. The lowest BCUT2D eigenvalue weighted by molar-refractivity contribution is -0.138. The van der Waals surface area contributed by atoms with Crippen LogP contribution in [0.15, 0.2) is 30.3 Å². The highest BCUT2D eigenvalue weighted by molar-refractivity contribution is 5.78. The van der Waals surface area contributed by atoms with Crippen molar-refractivity contribution in [2.45, 2.75) is 30.9 Å². The van der Waals surface area contributed by atoms with Gasteiger partial charge in [0.25, 0.3) is 0 Å². The number of hydrogen-bond acceptors (Lipinski definition) is 5. The van der Waals surface area contributed by atoms with Gasteiger partial charge in [-0.1, -0.05) is 18.2 Å². The van der Waals surface area contributed by atoms with Crippen LogP contribution in [0.5, 0.6) is 0 Å². The average Bonchev–Trinajstić information content (AvgIpc) is 3.13. The van der Waals surface area contributed by atoms with Crippen molar-refractivity contribution in [3.05, 3.63) is 30.3 Å². The molecule has 6 nitrogen and oxygen atoms in total. The van der Waals surface area contributed by atoms with Crippen molar-refractivity contribution in [3.63, 3.8) is 0 Å². The molecule has 0 bridgehead atoms. The van der Waals surface area contributed by atoms with Crippen molar-refractivity contribution in [1.82, 2.24) is 9.80 Å². The number of morpholine rings is 1. The van der Waals surface area contributed by atoms with Crippen LogP contribution in [0, 0.1) is 0 Å². The fraction of sp³-hybridized carbons (Fsp3) is 0.667. The first-order chi connectivity index (χ1) is 13.2. The highest BCUT2D eigenvalue weighted by Gasteiger charge is 2.44. The van der Waals surface area contributed by atoms with Crippen LogP contribution < -0.4 is 4.90 Å². The third-order valence-corrected chi connectivity index (χ3v) is 6.39. The first kappa shape index (κ1) is 18.7. The van der Waals surface area contributed by atoms with Crippen LogP contribution in [0.3, 0.4) is 0 Å². The first-order valence-electron chi connectivity index (χ1n) is 10.1. The van der Waals surface area contributed by atoms with Gasteiger partial charge in [-0.15, -0.1) is 0 Å². The van der Waals surface area contributed by atoms with Gasteiger partial charge in [-0.3, -0.25) is 9.69 Å². The number of hydrogen-bond donors (Lipinski definition) is 0. The van der Waals surface area contributed by atoms with E-state index in [1.807, 2.05) is 11.0 Å². The molecule has 0 radical (unpaired) electrons. The fourth-order valence-corrected chi connectivity index (χ4v) is 4.51. The van der Waals surface area contributed by atoms with Gasteiger partial charge >= 0.3 is 0 Å². The Balaban J connectivity index is 1.28. The van der Waals surface area contributed by atoms with Crippen LogP contribution in [0.2, 0.25) is 0 Å². The number of likely N-dealkylation sites (N-methyl/N-ethyl adjacent to an activating group) is 1. The summed E-state index contributed by atoms with van der Waals surface area (Å²) in [6, 6.07) is 10.9. The molecule has 6 heteroatoms. The smallest absolute Gasteiger partial charge is 0.236 e. The van der Waals surface area contributed by atoms with E-state index in [2.05, 4.69) is 41.1 Å². The van der Waals surface area contributed by atoms with Gasteiger partial charge in [0.05, 0.1) is 38.0 Å². The normalized spacial score (nSPS) is 25.7. The first-order valence-corrected chi connectivity index (χ1v) is 10.1. The molecule has 1 atom stereocenters. The monoisotopic (exact) mass is 373 g/mol. The van der Waals surface area contributed by atoms with Gasteiger partial charge in [-0.2, -0.15) is 0 Å². The van der Waals surface area contributed by atoms with Gasteiger partial charge in [-0.25, -0.2) is 0 Å². The predicted octanol–water partition coefficient (Wildman–Crippen LogP) is 1.61. The molecule has 3 fully saturated rings. The highest BCUT2D eigenvalue weighted by atomic mass is 16.5. The average molecular weight is 373 g/mol. The summed E-state index contributed by atoms with van der Waals surface area (Å²) in [6.45, 7) is 6.11. The Bertz CT molecular complexity index is 625. The molecule has 27 heavy (non-hydrogen) atoms. The molecule has 4 rings (SSSR count). The van der Waals surface area contributed by atoms with Crippen LogP contribution in [0.4, 0.5) is 5.69 Å². The number of carbonyl (C=O) groups excluding carboxylic acids is 1. The molecule has 0 unspecified atom stereocenters. The Morgan fingerprint density at radius 2 is 1.85 bits per heavy atom. The topological polar surface area (TPSA) is 45.2 Å². The Labute approximate surface area is 162 Å². The maximum absolute atomic E-state index is 12.6. The molecular formula is C21H31N3O3. The van der Waals surface area contributed by atoms with Crippen molar-refractivity contribution in [3.8, 4) is 0 Å². The molecule has 0 N–H and O–H groups in total. The van der Waals surface area contributed by atoms with Crippen LogP contribution in [-0.4, -0.2) is 86.9 Å². The molecule has 3 heterocycles. The second-order valence-electron chi connectivity index (χ2n) is 8.07. The second kappa shape index (κ2) is 8.17. The molecule has 3 saturated heterocycles. The quantitative estimate of drug-likeness (QED) is 0.802. The van der Waals surface area contributed by atoms with Crippen molar-refractivity contribution in [1.29, 1.82) is 0 Å². The number of benzene rings is 1. The third kappa shape index (κ3) is 4.28. The van der Waals surface area contributed by atoms with Gasteiger partial charge in [0.15, 0.2) is 0 Å². The molecule has 0 saturated carbocycles. The zero-order chi connectivity index (χ0) is 18.7. The maximum Gasteiger partial charge on any atom is 0.236 e. The van der Waals surface area contributed by atoms with Gasteiger partial charge in [-0.05, 0) is 31.4 Å². The minimum atomic E-state index is -0.0521. The van der Waals surface area contributed by atoms with E-state index in [1.165, 1.54) is 5.69 Å². The SMILES string of the molecule is CN(c1ccccc1)[C@H]1COC2(CCN(C(=O)CN3CCOCC3)CC2)C1. The molecule has 1 spiro atoms. The van der Waals surface area contributed by atoms with Crippen molar-refractivity contribution in [2.75, 3.05) is 64.5 Å². The lowest BCUT2D eigenvalue weighted by Gasteiger charge is -2.40. The standard InChI is InChI=1S/C21H31N3O3/c1-22(18-5-3-2-4-6-18)19-15-21(27-17-19)7-9-24(10-8-21)20(25)16-23-11-13-26-14-12-23/h2-6,19H,7-17H2,1H3/t19-/m1/s1. The summed E-state index contributed by atoms with van der Waals surface area (Å²) in [4.78, 5) is 19.2. The lowest BCUT2D eigenvalue weighted by Crippen LogP contribution is -2.50. The molecule has 1 aromatic carbocycles. The zero-order valence-electron chi connectivity index (χ0n) is 16.3. The summed E-state index contributed by atoms with van der Waals surface area (Å²) < 4.78 is 11.7. The number of para-hydroxylation sites is 1. The maximum atomic E-state index is 12.6. The number of nitrogens with zero attached hydrogens (tertiary/aromatic N) is 3. The molecule has 148 valence electrons. The predicted molar refractivity (Wildman–Crippen MR) is 105 cm³/mol. The summed E-state index contributed by atoms with van der Waals surface area (Å²) in [5, 5.41) is 0. The van der Waals surface area contributed by atoms with Crippen LogP contribution >= 0.6 is 0 Å². The van der Waals surface area contributed by atoms with Crippen LogP contribution in [0.1, 0.15) is 19.3 Å². The summed E-state index contributed by atoms with van der Waals surface area (Å²) in [6.07, 6.45) is 2.94. The van der Waals surface area contributed by atoms with E-state index in [9.17, 15) is 4.79 Å². The lowest BCUT2D eigenvalue weighted by atomic mass is 9.87. The minimum absolute atomic E-state index is 0.0521. The Morgan fingerprint density at radius 3 is 2.56 bits per heavy atom.